The third-order valence-electron chi connectivity index (χ3n) is 3.14. The number of ether oxygens (including phenoxy) is 1. The Morgan fingerprint density at radius 3 is 3.00 bits per heavy atom. The minimum absolute atomic E-state index is 0.0752. The Hall–Kier alpha value is -1.82. The maximum atomic E-state index is 11.3. The van der Waals surface area contributed by atoms with Crippen molar-refractivity contribution in [2.45, 2.75) is 13.3 Å². The van der Waals surface area contributed by atoms with E-state index in [0.717, 1.165) is 32.6 Å². The molecule has 1 aromatic carbocycles. The highest BCUT2D eigenvalue weighted by atomic mass is 16.6. The van der Waals surface area contributed by atoms with Gasteiger partial charge in [0.2, 0.25) is 0 Å². The fraction of sp³-hybridized carbons (Fsp3) is 0.538. The normalized spacial score (nSPS) is 15.9. The molecule has 0 radical (unpaired) electrons. The van der Waals surface area contributed by atoms with Crippen LogP contribution in [-0.2, 0) is 0 Å². The van der Waals surface area contributed by atoms with E-state index >= 15 is 0 Å². The minimum Gasteiger partial charge on any atom is -0.487 e. The van der Waals surface area contributed by atoms with Crippen LogP contribution in [-0.4, -0.2) is 37.7 Å². The van der Waals surface area contributed by atoms with Crippen molar-refractivity contribution >= 4 is 11.4 Å². The van der Waals surface area contributed by atoms with Crippen molar-refractivity contribution < 1.29 is 9.66 Å². The summed E-state index contributed by atoms with van der Waals surface area (Å²) < 4.78 is 5.38. The van der Waals surface area contributed by atoms with Gasteiger partial charge in [0.1, 0.15) is 5.69 Å². The highest BCUT2D eigenvalue weighted by molar-refractivity contribution is 5.69. The summed E-state index contributed by atoms with van der Waals surface area (Å²) in [5, 5.41) is 14.6. The van der Waals surface area contributed by atoms with Crippen LogP contribution in [0.4, 0.5) is 11.4 Å². The van der Waals surface area contributed by atoms with Crippen molar-refractivity contribution in [1.29, 1.82) is 0 Å². The molecule has 6 heteroatoms. The third-order valence-corrected chi connectivity index (χ3v) is 3.14. The summed E-state index contributed by atoms with van der Waals surface area (Å²) in [6, 6.07) is 5.26. The smallest absolute Gasteiger partial charge is 0.333 e. The average molecular weight is 265 g/mol. The second kappa shape index (κ2) is 6.38. The monoisotopic (exact) mass is 265 g/mol. The fourth-order valence-corrected chi connectivity index (χ4v) is 2.31. The summed E-state index contributed by atoms with van der Waals surface area (Å²) in [5.74, 6) is 0.349. The predicted octanol–water partition coefficient (Wildman–Crippen LogP) is 1.79. The molecule has 0 unspecified atom stereocenters. The second-order valence-electron chi connectivity index (χ2n) is 4.40. The van der Waals surface area contributed by atoms with E-state index in [1.807, 2.05) is 13.0 Å². The maximum Gasteiger partial charge on any atom is 0.333 e. The van der Waals surface area contributed by atoms with Gasteiger partial charge >= 0.3 is 5.69 Å². The van der Waals surface area contributed by atoms with Crippen molar-refractivity contribution in [2.24, 2.45) is 0 Å². The van der Waals surface area contributed by atoms with E-state index in [-0.39, 0.29) is 10.6 Å². The molecule has 1 aliphatic heterocycles. The highest BCUT2D eigenvalue weighted by Gasteiger charge is 2.25. The van der Waals surface area contributed by atoms with Crippen LogP contribution >= 0.6 is 0 Å². The van der Waals surface area contributed by atoms with Crippen LogP contribution in [0.15, 0.2) is 18.2 Å². The summed E-state index contributed by atoms with van der Waals surface area (Å²) in [6.45, 7) is 5.64. The van der Waals surface area contributed by atoms with E-state index in [1.54, 1.807) is 12.1 Å². The Labute approximate surface area is 112 Å². The molecule has 1 aliphatic rings. The quantitative estimate of drug-likeness (QED) is 0.664. The van der Waals surface area contributed by atoms with E-state index in [9.17, 15) is 10.1 Å². The summed E-state index contributed by atoms with van der Waals surface area (Å²) in [4.78, 5) is 13.0. The molecule has 2 rings (SSSR count). The van der Waals surface area contributed by atoms with Crippen molar-refractivity contribution in [1.82, 2.24) is 5.32 Å². The fourth-order valence-electron chi connectivity index (χ4n) is 2.31. The molecule has 19 heavy (non-hydrogen) atoms. The van der Waals surface area contributed by atoms with Gasteiger partial charge in [-0.3, -0.25) is 10.1 Å². The molecular formula is C13H19N3O3. The largest absolute Gasteiger partial charge is 0.487 e. The SMILES string of the molecule is CCOc1cccc(N2CCCNCC2)c1[N+](=O)[O-]. The van der Waals surface area contributed by atoms with Gasteiger partial charge in [-0.25, -0.2) is 0 Å². The Kier molecular flexibility index (Phi) is 4.57. The zero-order chi connectivity index (χ0) is 13.7. The lowest BCUT2D eigenvalue weighted by molar-refractivity contribution is -0.385. The van der Waals surface area contributed by atoms with Crippen LogP contribution < -0.4 is 15.0 Å². The molecule has 0 atom stereocenters. The van der Waals surface area contributed by atoms with Gasteiger partial charge in [0.15, 0.2) is 5.75 Å². The summed E-state index contributed by atoms with van der Waals surface area (Å²) in [6.07, 6.45) is 0.982. The first-order valence-electron chi connectivity index (χ1n) is 6.60. The lowest BCUT2D eigenvalue weighted by Crippen LogP contribution is -2.28. The van der Waals surface area contributed by atoms with Gasteiger partial charge in [-0.05, 0) is 32.0 Å². The number of rotatable bonds is 4. The third kappa shape index (κ3) is 3.14. The van der Waals surface area contributed by atoms with Crippen molar-refractivity contribution in [3.63, 3.8) is 0 Å². The number of benzene rings is 1. The molecule has 1 fully saturated rings. The van der Waals surface area contributed by atoms with Gasteiger partial charge in [-0.15, -0.1) is 0 Å². The molecule has 1 N–H and O–H groups in total. The molecular weight excluding hydrogens is 246 g/mol. The average Bonchev–Trinajstić information content (AvgIpc) is 2.67. The number of nitro groups is 1. The maximum absolute atomic E-state index is 11.3. The van der Waals surface area contributed by atoms with E-state index in [4.69, 9.17) is 4.74 Å². The Balaban J connectivity index is 2.37. The standard InChI is InChI=1S/C13H19N3O3/c1-2-19-12-6-3-5-11(13(12)16(17)18)15-9-4-7-14-8-10-15/h3,5-6,14H,2,4,7-10H2,1H3. The molecule has 104 valence electrons. The summed E-state index contributed by atoms with van der Waals surface area (Å²) in [7, 11) is 0. The molecule has 0 spiro atoms. The number of hydrogen-bond donors (Lipinski definition) is 1. The van der Waals surface area contributed by atoms with Crippen molar-refractivity contribution in [2.75, 3.05) is 37.7 Å². The van der Waals surface area contributed by atoms with Crippen LogP contribution in [0.1, 0.15) is 13.3 Å². The van der Waals surface area contributed by atoms with E-state index in [2.05, 4.69) is 10.2 Å². The number of hydrogen-bond acceptors (Lipinski definition) is 5. The predicted molar refractivity (Wildman–Crippen MR) is 74.0 cm³/mol. The molecule has 0 saturated carbocycles. The van der Waals surface area contributed by atoms with Crippen LogP contribution in [0, 0.1) is 10.1 Å². The Morgan fingerprint density at radius 1 is 1.42 bits per heavy atom. The molecule has 6 nitrogen and oxygen atoms in total. The van der Waals surface area contributed by atoms with Gasteiger partial charge < -0.3 is 15.0 Å². The van der Waals surface area contributed by atoms with Crippen LogP contribution in [0.2, 0.25) is 0 Å². The van der Waals surface area contributed by atoms with Gasteiger partial charge in [0.05, 0.1) is 11.5 Å². The molecule has 1 aromatic rings. The first-order valence-corrected chi connectivity index (χ1v) is 6.60. The molecule has 0 aromatic heterocycles. The Morgan fingerprint density at radius 2 is 2.26 bits per heavy atom. The van der Waals surface area contributed by atoms with Gasteiger partial charge in [-0.2, -0.15) is 0 Å². The number of nitrogens with one attached hydrogen (secondary N) is 1. The topological polar surface area (TPSA) is 67.6 Å². The van der Waals surface area contributed by atoms with E-state index < -0.39 is 0 Å². The molecule has 0 bridgehead atoms. The number of para-hydroxylation sites is 1. The van der Waals surface area contributed by atoms with E-state index in [1.165, 1.54) is 0 Å². The first-order chi connectivity index (χ1) is 9.24. The lowest BCUT2D eigenvalue weighted by atomic mass is 10.2. The number of anilines is 1. The summed E-state index contributed by atoms with van der Waals surface area (Å²) in [5.41, 5.74) is 0.728. The Bertz CT molecular complexity index is 443. The number of nitro benzene ring substituents is 1. The number of nitrogens with zero attached hydrogens (tertiary/aromatic N) is 2. The van der Waals surface area contributed by atoms with Gasteiger partial charge in [0.25, 0.3) is 0 Å². The zero-order valence-electron chi connectivity index (χ0n) is 11.1. The zero-order valence-corrected chi connectivity index (χ0v) is 11.1. The van der Waals surface area contributed by atoms with Crippen molar-refractivity contribution in [3.05, 3.63) is 28.3 Å². The minimum atomic E-state index is -0.349. The molecule has 0 aliphatic carbocycles. The first kappa shape index (κ1) is 13.6. The molecule has 1 heterocycles. The lowest BCUT2D eigenvalue weighted by Gasteiger charge is -2.22. The molecule has 0 amide bonds. The van der Waals surface area contributed by atoms with Crippen LogP contribution in [0.5, 0.6) is 5.75 Å². The molecule has 1 saturated heterocycles. The van der Waals surface area contributed by atoms with Crippen LogP contribution in [0.3, 0.4) is 0 Å². The van der Waals surface area contributed by atoms with E-state index in [0.29, 0.717) is 18.0 Å². The summed E-state index contributed by atoms with van der Waals surface area (Å²) >= 11 is 0. The van der Waals surface area contributed by atoms with Gasteiger partial charge in [-0.1, -0.05) is 6.07 Å². The van der Waals surface area contributed by atoms with Crippen LogP contribution in [0.25, 0.3) is 0 Å². The highest BCUT2D eigenvalue weighted by Crippen LogP contribution is 2.37. The second-order valence-corrected chi connectivity index (χ2v) is 4.40. The van der Waals surface area contributed by atoms with Crippen molar-refractivity contribution in [3.8, 4) is 5.75 Å². The van der Waals surface area contributed by atoms with Gasteiger partial charge in [0, 0.05) is 19.6 Å².